The highest BCUT2D eigenvalue weighted by Crippen LogP contribution is 2.33. The second-order valence-corrected chi connectivity index (χ2v) is 6.74. The molecule has 7 heteroatoms. The molecule has 7 nitrogen and oxygen atoms in total. The minimum atomic E-state index is -1.03. The summed E-state index contributed by atoms with van der Waals surface area (Å²) < 4.78 is 12.3. The Morgan fingerprint density at radius 3 is 2.69 bits per heavy atom. The maximum Gasteiger partial charge on any atom is 0.313 e. The van der Waals surface area contributed by atoms with Gasteiger partial charge < -0.3 is 24.0 Å². The fourth-order valence-electron chi connectivity index (χ4n) is 3.64. The number of hydrogen-bond donors (Lipinski definition) is 1. The Hall–Kier alpha value is -2.38. The number of carbonyl (C=O) groups is 2. The molecule has 0 aliphatic carbocycles. The minimum Gasteiger partial charge on any atom is -0.481 e. The van der Waals surface area contributed by atoms with Gasteiger partial charge in [0.25, 0.3) is 5.91 Å². The molecule has 0 bridgehead atoms. The molecule has 1 fully saturated rings. The second kappa shape index (κ2) is 7.47. The van der Waals surface area contributed by atoms with Gasteiger partial charge in [-0.15, -0.1) is 0 Å². The van der Waals surface area contributed by atoms with Crippen LogP contribution in [0.5, 0.6) is 0 Å². The van der Waals surface area contributed by atoms with Crippen LogP contribution in [0.4, 0.5) is 0 Å². The van der Waals surface area contributed by atoms with Gasteiger partial charge in [-0.3, -0.25) is 9.59 Å². The van der Waals surface area contributed by atoms with Crippen molar-refractivity contribution in [2.24, 2.45) is 5.41 Å². The number of carboxylic acids is 1. The van der Waals surface area contributed by atoms with Crippen LogP contribution in [0, 0.1) is 5.41 Å². The first-order valence-electron chi connectivity index (χ1n) is 8.61. The summed E-state index contributed by atoms with van der Waals surface area (Å²) in [5.41, 5.74) is 0.530. The van der Waals surface area contributed by atoms with Crippen LogP contribution in [-0.4, -0.2) is 67.0 Å². The van der Waals surface area contributed by atoms with E-state index in [1.807, 2.05) is 35.0 Å². The summed E-state index contributed by atoms with van der Waals surface area (Å²) in [4.78, 5) is 26.4. The van der Waals surface area contributed by atoms with E-state index < -0.39 is 11.4 Å². The molecule has 2 aromatic rings. The van der Waals surface area contributed by atoms with E-state index in [9.17, 15) is 14.7 Å². The molecule has 1 aliphatic heterocycles. The third-order valence-electron chi connectivity index (χ3n) is 5.07. The third kappa shape index (κ3) is 3.20. The number of ether oxygens (including phenoxy) is 2. The highest BCUT2D eigenvalue weighted by atomic mass is 16.5. The normalized spacial score (nSPS) is 20.0. The summed E-state index contributed by atoms with van der Waals surface area (Å²) in [6.07, 6.45) is 2.23. The Morgan fingerprint density at radius 1 is 1.23 bits per heavy atom. The number of carbonyl (C=O) groups excluding carboxylic acids is 1. The van der Waals surface area contributed by atoms with Gasteiger partial charge in [0.15, 0.2) is 0 Å². The van der Waals surface area contributed by atoms with E-state index in [-0.39, 0.29) is 19.1 Å². The lowest BCUT2D eigenvalue weighted by Gasteiger charge is -2.23. The monoisotopic (exact) mass is 360 g/mol. The van der Waals surface area contributed by atoms with Gasteiger partial charge in [-0.2, -0.15) is 0 Å². The van der Waals surface area contributed by atoms with Crippen molar-refractivity contribution >= 4 is 22.8 Å². The first kappa shape index (κ1) is 18.4. The lowest BCUT2D eigenvalue weighted by molar-refractivity contribution is -0.151. The number of aromatic nitrogens is 1. The predicted octanol–water partition coefficient (Wildman–Crippen LogP) is 1.85. The van der Waals surface area contributed by atoms with Crippen LogP contribution in [0.1, 0.15) is 16.8 Å². The van der Waals surface area contributed by atoms with Gasteiger partial charge in [0, 0.05) is 51.0 Å². The Labute approximate surface area is 152 Å². The molecule has 0 radical (unpaired) electrons. The van der Waals surface area contributed by atoms with Crippen molar-refractivity contribution in [2.75, 3.05) is 40.5 Å². The van der Waals surface area contributed by atoms with E-state index in [1.54, 1.807) is 12.0 Å². The number of fused-ring (bicyclic) bond motifs is 1. The zero-order valence-electron chi connectivity index (χ0n) is 15.1. The minimum absolute atomic E-state index is 0.0989. The fourth-order valence-corrected chi connectivity index (χ4v) is 3.64. The average Bonchev–Trinajstić information content (AvgIpc) is 3.23. The molecule has 140 valence electrons. The van der Waals surface area contributed by atoms with Crippen LogP contribution in [-0.2, 0) is 20.8 Å². The van der Waals surface area contributed by atoms with Gasteiger partial charge >= 0.3 is 5.97 Å². The summed E-state index contributed by atoms with van der Waals surface area (Å²) in [6, 6.07) is 7.72. The standard InChI is InChI=1S/C19H24N2O5/c1-25-10-9-20-11-15(14-5-3-4-6-16(14)20)17(22)21-8-7-19(12-21,13-26-2)18(23)24/h3-6,11H,7-10,12-13H2,1-2H3,(H,23,24). The molecule has 0 saturated carbocycles. The Morgan fingerprint density at radius 2 is 2.00 bits per heavy atom. The van der Waals surface area contributed by atoms with Crippen LogP contribution in [0.3, 0.4) is 0 Å². The Bertz CT molecular complexity index is 815. The summed E-state index contributed by atoms with van der Waals surface area (Å²) in [7, 11) is 3.13. The van der Waals surface area contributed by atoms with Gasteiger partial charge in [0.1, 0.15) is 5.41 Å². The van der Waals surface area contributed by atoms with Gasteiger partial charge in [-0.1, -0.05) is 18.2 Å². The number of nitrogens with zero attached hydrogens (tertiary/aromatic N) is 2. The molecule has 1 saturated heterocycles. The van der Waals surface area contributed by atoms with Crippen LogP contribution in [0.15, 0.2) is 30.5 Å². The maximum absolute atomic E-state index is 13.1. The molecule has 0 spiro atoms. The lowest BCUT2D eigenvalue weighted by atomic mass is 9.88. The summed E-state index contributed by atoms with van der Waals surface area (Å²) >= 11 is 0. The van der Waals surface area contributed by atoms with Crippen molar-refractivity contribution in [1.82, 2.24) is 9.47 Å². The van der Waals surface area contributed by atoms with Gasteiger partial charge in [0.05, 0.1) is 18.8 Å². The molecule has 1 aromatic carbocycles. The third-order valence-corrected chi connectivity index (χ3v) is 5.07. The van der Waals surface area contributed by atoms with Crippen molar-refractivity contribution < 1.29 is 24.2 Å². The SMILES string of the molecule is COCCn1cc(C(=O)N2CCC(COC)(C(=O)O)C2)c2ccccc21. The van der Waals surface area contributed by atoms with E-state index in [1.165, 1.54) is 7.11 Å². The van der Waals surface area contributed by atoms with Crippen LogP contribution in [0.2, 0.25) is 0 Å². The molecule has 1 amide bonds. The van der Waals surface area contributed by atoms with Crippen molar-refractivity contribution in [2.45, 2.75) is 13.0 Å². The number of carboxylic acid groups (broad SMARTS) is 1. The fraction of sp³-hybridized carbons (Fsp3) is 0.474. The maximum atomic E-state index is 13.1. The molecule has 1 aliphatic rings. The first-order chi connectivity index (χ1) is 12.5. The van der Waals surface area contributed by atoms with Gasteiger partial charge in [0.2, 0.25) is 0 Å². The number of para-hydroxylation sites is 1. The molecule has 1 atom stereocenters. The average molecular weight is 360 g/mol. The van der Waals surface area contributed by atoms with E-state index in [2.05, 4.69) is 0 Å². The molecule has 1 aromatic heterocycles. The van der Waals surface area contributed by atoms with Gasteiger partial charge in [-0.05, 0) is 12.5 Å². The van der Waals surface area contributed by atoms with E-state index in [4.69, 9.17) is 9.47 Å². The quantitative estimate of drug-likeness (QED) is 0.815. The molecule has 1 unspecified atom stereocenters. The number of benzene rings is 1. The van der Waals surface area contributed by atoms with Crippen LogP contribution >= 0.6 is 0 Å². The van der Waals surface area contributed by atoms with E-state index in [0.29, 0.717) is 31.7 Å². The van der Waals surface area contributed by atoms with E-state index >= 15 is 0 Å². The number of amides is 1. The molecule has 26 heavy (non-hydrogen) atoms. The highest BCUT2D eigenvalue weighted by molar-refractivity contribution is 6.07. The highest BCUT2D eigenvalue weighted by Gasteiger charge is 2.46. The Balaban J connectivity index is 1.90. The van der Waals surface area contributed by atoms with Crippen LogP contribution < -0.4 is 0 Å². The van der Waals surface area contributed by atoms with Crippen molar-refractivity contribution in [3.63, 3.8) is 0 Å². The number of rotatable bonds is 7. The zero-order valence-corrected chi connectivity index (χ0v) is 15.1. The number of likely N-dealkylation sites (tertiary alicyclic amines) is 1. The predicted molar refractivity (Wildman–Crippen MR) is 96.3 cm³/mol. The van der Waals surface area contributed by atoms with Crippen LogP contribution in [0.25, 0.3) is 10.9 Å². The first-order valence-corrected chi connectivity index (χ1v) is 8.61. The van der Waals surface area contributed by atoms with Crippen molar-refractivity contribution in [3.8, 4) is 0 Å². The van der Waals surface area contributed by atoms with Crippen molar-refractivity contribution in [3.05, 3.63) is 36.0 Å². The second-order valence-electron chi connectivity index (χ2n) is 6.74. The molecule has 3 rings (SSSR count). The largest absolute Gasteiger partial charge is 0.481 e. The van der Waals surface area contributed by atoms with E-state index in [0.717, 1.165) is 10.9 Å². The number of aliphatic carboxylic acids is 1. The zero-order chi connectivity index (χ0) is 18.7. The molecular formula is C19H24N2O5. The topological polar surface area (TPSA) is 81.0 Å². The summed E-state index contributed by atoms with van der Waals surface area (Å²) in [5.74, 6) is -1.06. The molecule has 2 heterocycles. The summed E-state index contributed by atoms with van der Waals surface area (Å²) in [5, 5.41) is 10.5. The number of methoxy groups -OCH3 is 2. The molecule has 1 N–H and O–H groups in total. The molecular weight excluding hydrogens is 336 g/mol. The van der Waals surface area contributed by atoms with Crippen molar-refractivity contribution in [1.29, 1.82) is 0 Å². The lowest BCUT2D eigenvalue weighted by Crippen LogP contribution is -2.40. The summed E-state index contributed by atoms with van der Waals surface area (Å²) in [6.45, 7) is 1.86. The smallest absolute Gasteiger partial charge is 0.313 e. The van der Waals surface area contributed by atoms with Gasteiger partial charge in [-0.25, -0.2) is 0 Å². The Kier molecular flexibility index (Phi) is 5.29. The number of hydrogen-bond acceptors (Lipinski definition) is 4.